The molecule has 3 nitrogen and oxygen atoms in total. The van der Waals surface area contributed by atoms with Gasteiger partial charge in [0.25, 0.3) is 0 Å². The molecule has 0 aliphatic carbocycles. The van der Waals surface area contributed by atoms with Crippen molar-refractivity contribution in [1.29, 1.82) is 0 Å². The fourth-order valence-electron chi connectivity index (χ4n) is 1.02. The Morgan fingerprint density at radius 1 is 1.57 bits per heavy atom. The van der Waals surface area contributed by atoms with Crippen molar-refractivity contribution in [2.24, 2.45) is 0 Å². The second kappa shape index (κ2) is 4.60. The Balaban J connectivity index is 2.78. The van der Waals surface area contributed by atoms with Crippen LogP contribution in [0.4, 0.5) is 4.39 Å². The van der Waals surface area contributed by atoms with Crippen molar-refractivity contribution in [1.82, 2.24) is 0 Å². The number of carboxylic acid groups (broad SMARTS) is 1. The normalized spacial score (nSPS) is 9.86. The Hall–Kier alpha value is -1.58. The molecule has 1 rings (SSSR count). The molecule has 0 saturated carbocycles. The second-order valence-electron chi connectivity index (χ2n) is 2.80. The lowest BCUT2D eigenvalue weighted by Gasteiger charge is -2.05. The maximum atomic E-state index is 13.0. The summed E-state index contributed by atoms with van der Waals surface area (Å²) in [6, 6.07) is 4.43. The van der Waals surface area contributed by atoms with Crippen LogP contribution in [0.25, 0.3) is 0 Å². The molecular formula is C10H11FO3. The molecule has 0 radical (unpaired) electrons. The van der Waals surface area contributed by atoms with E-state index in [0.29, 0.717) is 0 Å². The minimum atomic E-state index is -1.12. The third-order valence-electron chi connectivity index (χ3n) is 1.76. The van der Waals surface area contributed by atoms with E-state index in [2.05, 4.69) is 0 Å². The summed E-state index contributed by atoms with van der Waals surface area (Å²) >= 11 is 0. The quantitative estimate of drug-likeness (QED) is 0.803. The molecule has 0 saturated heterocycles. The van der Waals surface area contributed by atoms with Gasteiger partial charge in [0.2, 0.25) is 0 Å². The van der Waals surface area contributed by atoms with Crippen LogP contribution in [-0.4, -0.2) is 17.7 Å². The number of aliphatic carboxylic acids is 1. The first-order valence-electron chi connectivity index (χ1n) is 4.26. The summed E-state index contributed by atoms with van der Waals surface area (Å²) in [6.45, 7) is 1.40. The lowest BCUT2D eigenvalue weighted by Crippen LogP contribution is -2.10. The summed E-state index contributed by atoms with van der Waals surface area (Å²) in [5, 5.41) is 8.34. The standard InChI is InChI=1S/C10H11FO3/c1-2-7-3-4-8(11)9(5-7)14-6-10(12)13/h3-5H,2,6H2,1H3,(H,12,13). The predicted molar refractivity (Wildman–Crippen MR) is 48.9 cm³/mol. The van der Waals surface area contributed by atoms with Gasteiger partial charge in [-0.05, 0) is 24.1 Å². The molecule has 0 aliphatic rings. The van der Waals surface area contributed by atoms with Gasteiger partial charge in [-0.15, -0.1) is 0 Å². The first kappa shape index (κ1) is 10.5. The summed E-state index contributed by atoms with van der Waals surface area (Å²) in [6.07, 6.45) is 0.754. The van der Waals surface area contributed by atoms with E-state index in [-0.39, 0.29) is 5.75 Å². The minimum Gasteiger partial charge on any atom is -0.479 e. The molecule has 0 bridgehead atoms. The van der Waals surface area contributed by atoms with Gasteiger partial charge in [-0.3, -0.25) is 0 Å². The van der Waals surface area contributed by atoms with E-state index in [1.54, 1.807) is 6.07 Å². The van der Waals surface area contributed by atoms with Gasteiger partial charge in [-0.25, -0.2) is 9.18 Å². The number of hydrogen-bond acceptors (Lipinski definition) is 2. The number of benzene rings is 1. The summed E-state index contributed by atoms with van der Waals surface area (Å²) in [5.41, 5.74) is 0.909. The molecular weight excluding hydrogens is 187 g/mol. The highest BCUT2D eigenvalue weighted by Crippen LogP contribution is 2.18. The number of carboxylic acids is 1. The highest BCUT2D eigenvalue weighted by Gasteiger charge is 2.06. The van der Waals surface area contributed by atoms with Gasteiger partial charge in [0.1, 0.15) is 0 Å². The van der Waals surface area contributed by atoms with E-state index in [9.17, 15) is 9.18 Å². The summed E-state index contributed by atoms with van der Waals surface area (Å²) in [7, 11) is 0. The first-order chi connectivity index (χ1) is 6.63. The molecule has 0 aliphatic heterocycles. The molecule has 0 atom stereocenters. The highest BCUT2D eigenvalue weighted by molar-refractivity contribution is 5.68. The van der Waals surface area contributed by atoms with Gasteiger partial charge in [0, 0.05) is 0 Å². The fourth-order valence-corrected chi connectivity index (χ4v) is 1.02. The van der Waals surface area contributed by atoms with Crippen LogP contribution >= 0.6 is 0 Å². The Morgan fingerprint density at radius 2 is 2.29 bits per heavy atom. The minimum absolute atomic E-state index is 0.00764. The van der Waals surface area contributed by atoms with Crippen molar-refractivity contribution >= 4 is 5.97 Å². The maximum absolute atomic E-state index is 13.0. The van der Waals surface area contributed by atoms with Crippen LogP contribution in [0.15, 0.2) is 18.2 Å². The molecule has 0 amide bonds. The van der Waals surface area contributed by atoms with Crippen LogP contribution in [0.1, 0.15) is 12.5 Å². The van der Waals surface area contributed by atoms with Gasteiger partial charge >= 0.3 is 5.97 Å². The predicted octanol–water partition coefficient (Wildman–Crippen LogP) is 1.85. The molecule has 4 heteroatoms. The molecule has 0 unspecified atom stereocenters. The third kappa shape index (κ3) is 2.73. The lowest BCUT2D eigenvalue weighted by atomic mass is 10.1. The number of aryl methyl sites for hydroxylation is 1. The Bertz CT molecular complexity index is 336. The van der Waals surface area contributed by atoms with Crippen LogP contribution in [0.2, 0.25) is 0 Å². The molecule has 14 heavy (non-hydrogen) atoms. The maximum Gasteiger partial charge on any atom is 0.341 e. The summed E-state index contributed by atoms with van der Waals surface area (Å²) in [4.78, 5) is 10.2. The van der Waals surface area contributed by atoms with Crippen LogP contribution in [0, 0.1) is 5.82 Å². The van der Waals surface area contributed by atoms with Crippen LogP contribution in [0.3, 0.4) is 0 Å². The zero-order valence-corrected chi connectivity index (χ0v) is 7.79. The third-order valence-corrected chi connectivity index (χ3v) is 1.76. The summed E-state index contributed by atoms with van der Waals surface area (Å²) < 4.78 is 17.8. The highest BCUT2D eigenvalue weighted by atomic mass is 19.1. The van der Waals surface area contributed by atoms with Crippen molar-refractivity contribution in [2.75, 3.05) is 6.61 Å². The van der Waals surface area contributed by atoms with E-state index in [1.807, 2.05) is 6.92 Å². The Kier molecular flexibility index (Phi) is 3.45. The van der Waals surface area contributed by atoms with Gasteiger partial charge in [0.15, 0.2) is 18.2 Å². The molecule has 0 heterocycles. The molecule has 0 aromatic heterocycles. The Labute approximate surface area is 81.1 Å². The number of halogens is 1. The van der Waals surface area contributed by atoms with Crippen LogP contribution < -0.4 is 4.74 Å². The van der Waals surface area contributed by atoms with Crippen LogP contribution in [0.5, 0.6) is 5.75 Å². The van der Waals surface area contributed by atoms with Crippen molar-refractivity contribution in [3.05, 3.63) is 29.6 Å². The van der Waals surface area contributed by atoms with Gasteiger partial charge in [-0.1, -0.05) is 13.0 Å². The van der Waals surface area contributed by atoms with E-state index >= 15 is 0 Å². The fraction of sp³-hybridized carbons (Fsp3) is 0.300. The first-order valence-corrected chi connectivity index (χ1v) is 4.26. The summed E-state index contributed by atoms with van der Waals surface area (Å²) in [5.74, 6) is -1.67. The topological polar surface area (TPSA) is 46.5 Å². The average molecular weight is 198 g/mol. The lowest BCUT2D eigenvalue weighted by molar-refractivity contribution is -0.139. The number of carbonyl (C=O) groups is 1. The molecule has 76 valence electrons. The Morgan fingerprint density at radius 3 is 2.86 bits per heavy atom. The smallest absolute Gasteiger partial charge is 0.341 e. The van der Waals surface area contributed by atoms with E-state index in [4.69, 9.17) is 9.84 Å². The number of hydrogen-bond donors (Lipinski definition) is 1. The number of rotatable bonds is 4. The molecule has 1 N–H and O–H groups in total. The van der Waals surface area contributed by atoms with E-state index in [0.717, 1.165) is 12.0 Å². The van der Waals surface area contributed by atoms with Crippen molar-refractivity contribution in [3.63, 3.8) is 0 Å². The molecule has 1 aromatic carbocycles. The monoisotopic (exact) mass is 198 g/mol. The number of ether oxygens (including phenoxy) is 1. The molecule has 0 spiro atoms. The zero-order valence-electron chi connectivity index (χ0n) is 7.79. The van der Waals surface area contributed by atoms with Crippen molar-refractivity contribution < 1.29 is 19.0 Å². The van der Waals surface area contributed by atoms with Crippen LogP contribution in [-0.2, 0) is 11.2 Å². The van der Waals surface area contributed by atoms with E-state index in [1.165, 1.54) is 12.1 Å². The van der Waals surface area contributed by atoms with Crippen molar-refractivity contribution in [2.45, 2.75) is 13.3 Å². The van der Waals surface area contributed by atoms with Gasteiger partial charge in [0.05, 0.1) is 0 Å². The van der Waals surface area contributed by atoms with Gasteiger partial charge < -0.3 is 9.84 Å². The molecule has 1 aromatic rings. The zero-order chi connectivity index (χ0) is 10.6. The average Bonchev–Trinajstić information content (AvgIpc) is 2.16. The SMILES string of the molecule is CCc1ccc(F)c(OCC(=O)O)c1. The largest absolute Gasteiger partial charge is 0.479 e. The molecule has 0 fully saturated rings. The second-order valence-corrected chi connectivity index (χ2v) is 2.80. The van der Waals surface area contributed by atoms with Gasteiger partial charge in [-0.2, -0.15) is 0 Å². The van der Waals surface area contributed by atoms with E-state index < -0.39 is 18.4 Å². The van der Waals surface area contributed by atoms with Crippen molar-refractivity contribution in [3.8, 4) is 5.75 Å².